The number of nitrogens with two attached hydrogens (primary N) is 2. The summed E-state index contributed by atoms with van der Waals surface area (Å²) in [5.41, 5.74) is 13.5. The van der Waals surface area contributed by atoms with Crippen molar-refractivity contribution in [3.8, 4) is 0 Å². The summed E-state index contributed by atoms with van der Waals surface area (Å²) in [6.07, 6.45) is 6.78. The molecule has 1 fully saturated rings. The second-order valence-corrected chi connectivity index (χ2v) is 5.43. The van der Waals surface area contributed by atoms with Gasteiger partial charge in [-0.1, -0.05) is 0 Å². The average molecular weight is 352 g/mol. The topological polar surface area (TPSA) is 90.3 Å². The molecular weight excluding hydrogens is 334 g/mol. The van der Waals surface area contributed by atoms with Crippen molar-refractivity contribution in [1.29, 1.82) is 0 Å². The molecule has 2 aromatic heterocycles. The summed E-state index contributed by atoms with van der Waals surface area (Å²) in [6, 6.07) is 3.74. The molecule has 1 aliphatic heterocycles. The van der Waals surface area contributed by atoms with Gasteiger partial charge in [-0.15, -0.1) is 0 Å². The normalized spacial score (nSPS) is 14.2. The van der Waals surface area contributed by atoms with Crippen LogP contribution in [0, 0.1) is 0 Å². The van der Waals surface area contributed by atoms with E-state index in [4.69, 9.17) is 16.2 Å². The number of hydrogen-bond acceptors (Lipinski definition) is 6. The predicted molar refractivity (Wildman–Crippen MR) is 88.0 cm³/mol. The summed E-state index contributed by atoms with van der Waals surface area (Å²) in [6.45, 7) is 3.42. The standard InChI is InChI=1S/C9H13N3O.C5H5BrN2/c10-8-5-9(7-11-6-8)12-1-3-13-4-2-12;6-4-1-5(7)3-8-2-4/h5-7H,1-4,10H2;1-3H,7H2. The summed E-state index contributed by atoms with van der Waals surface area (Å²) in [4.78, 5) is 10.1. The van der Waals surface area contributed by atoms with Crippen LogP contribution >= 0.6 is 15.9 Å². The molecule has 1 aliphatic rings. The van der Waals surface area contributed by atoms with Gasteiger partial charge in [0.15, 0.2) is 0 Å². The second-order valence-electron chi connectivity index (χ2n) is 4.51. The third-order valence-electron chi connectivity index (χ3n) is 2.85. The highest BCUT2D eigenvalue weighted by atomic mass is 79.9. The first-order valence-corrected chi connectivity index (χ1v) is 7.33. The molecule has 0 atom stereocenters. The summed E-state index contributed by atoms with van der Waals surface area (Å²) in [5, 5.41) is 0. The molecule has 112 valence electrons. The first-order chi connectivity index (χ1) is 10.1. The van der Waals surface area contributed by atoms with Gasteiger partial charge in [-0.2, -0.15) is 0 Å². The van der Waals surface area contributed by atoms with Gasteiger partial charge in [-0.3, -0.25) is 9.97 Å². The van der Waals surface area contributed by atoms with E-state index in [9.17, 15) is 0 Å². The zero-order valence-electron chi connectivity index (χ0n) is 11.6. The molecule has 0 aromatic carbocycles. The van der Waals surface area contributed by atoms with E-state index in [0.717, 1.165) is 36.5 Å². The van der Waals surface area contributed by atoms with Crippen LogP contribution < -0.4 is 16.4 Å². The Morgan fingerprint density at radius 1 is 0.952 bits per heavy atom. The molecule has 21 heavy (non-hydrogen) atoms. The number of nitrogen functional groups attached to an aromatic ring is 2. The van der Waals surface area contributed by atoms with Gasteiger partial charge in [0, 0.05) is 36.2 Å². The van der Waals surface area contributed by atoms with E-state index in [1.807, 2.05) is 12.3 Å². The molecule has 0 amide bonds. The van der Waals surface area contributed by atoms with Gasteiger partial charge in [-0.05, 0) is 28.1 Å². The summed E-state index contributed by atoms with van der Waals surface area (Å²) < 4.78 is 6.17. The van der Waals surface area contributed by atoms with Crippen LogP contribution in [0.15, 0.2) is 41.4 Å². The highest BCUT2D eigenvalue weighted by molar-refractivity contribution is 9.10. The van der Waals surface area contributed by atoms with Gasteiger partial charge >= 0.3 is 0 Å². The number of pyridine rings is 2. The number of nitrogens with zero attached hydrogens (tertiary/aromatic N) is 3. The molecule has 0 bridgehead atoms. The quantitative estimate of drug-likeness (QED) is 0.815. The van der Waals surface area contributed by atoms with Gasteiger partial charge < -0.3 is 21.1 Å². The second kappa shape index (κ2) is 7.80. The third kappa shape index (κ3) is 5.20. The molecule has 0 radical (unpaired) electrons. The molecule has 0 aliphatic carbocycles. The molecule has 4 N–H and O–H groups in total. The lowest BCUT2D eigenvalue weighted by atomic mass is 10.3. The molecule has 2 aromatic rings. The average Bonchev–Trinajstić information content (AvgIpc) is 2.49. The minimum atomic E-state index is 0.680. The van der Waals surface area contributed by atoms with E-state index in [1.165, 1.54) is 0 Å². The third-order valence-corrected chi connectivity index (χ3v) is 3.28. The first kappa shape index (κ1) is 15.5. The number of halogens is 1. The fourth-order valence-corrected chi connectivity index (χ4v) is 2.25. The number of anilines is 3. The predicted octanol–water partition coefficient (Wildman–Crippen LogP) is 1.93. The van der Waals surface area contributed by atoms with Crippen molar-refractivity contribution >= 4 is 33.0 Å². The van der Waals surface area contributed by atoms with Crippen molar-refractivity contribution in [3.63, 3.8) is 0 Å². The van der Waals surface area contributed by atoms with Crippen LogP contribution in [0.5, 0.6) is 0 Å². The van der Waals surface area contributed by atoms with Crippen LogP contribution in [-0.2, 0) is 4.74 Å². The van der Waals surface area contributed by atoms with Crippen molar-refractivity contribution in [3.05, 3.63) is 41.4 Å². The van der Waals surface area contributed by atoms with Gasteiger partial charge in [0.25, 0.3) is 0 Å². The van der Waals surface area contributed by atoms with E-state index in [-0.39, 0.29) is 0 Å². The SMILES string of the molecule is Nc1cncc(Br)c1.Nc1cncc(N2CCOCC2)c1. The molecule has 0 saturated carbocycles. The maximum absolute atomic E-state index is 5.64. The van der Waals surface area contributed by atoms with E-state index in [0.29, 0.717) is 11.4 Å². The Kier molecular flexibility index (Phi) is 5.77. The van der Waals surface area contributed by atoms with Crippen LogP contribution in [0.4, 0.5) is 17.1 Å². The molecule has 3 rings (SSSR count). The lowest BCUT2D eigenvalue weighted by Gasteiger charge is -2.28. The highest BCUT2D eigenvalue weighted by Crippen LogP contribution is 2.16. The Morgan fingerprint density at radius 2 is 1.57 bits per heavy atom. The number of ether oxygens (including phenoxy) is 1. The lowest BCUT2D eigenvalue weighted by molar-refractivity contribution is 0.122. The largest absolute Gasteiger partial charge is 0.397 e. The zero-order chi connectivity index (χ0) is 15.1. The van der Waals surface area contributed by atoms with E-state index in [2.05, 4.69) is 30.8 Å². The minimum Gasteiger partial charge on any atom is -0.397 e. The molecule has 0 spiro atoms. The maximum Gasteiger partial charge on any atom is 0.0642 e. The Labute approximate surface area is 132 Å². The van der Waals surface area contributed by atoms with E-state index in [1.54, 1.807) is 24.7 Å². The molecule has 1 saturated heterocycles. The fraction of sp³-hybridized carbons (Fsp3) is 0.286. The smallest absolute Gasteiger partial charge is 0.0642 e. The van der Waals surface area contributed by atoms with Crippen molar-refractivity contribution in [2.24, 2.45) is 0 Å². The van der Waals surface area contributed by atoms with Crippen LogP contribution in [0.25, 0.3) is 0 Å². The maximum atomic E-state index is 5.64. The number of aromatic nitrogens is 2. The fourth-order valence-electron chi connectivity index (χ4n) is 1.87. The van der Waals surface area contributed by atoms with E-state index >= 15 is 0 Å². The lowest BCUT2D eigenvalue weighted by Crippen LogP contribution is -2.36. The molecule has 6 nitrogen and oxygen atoms in total. The number of morpholine rings is 1. The summed E-state index contributed by atoms with van der Waals surface area (Å²) in [5.74, 6) is 0. The van der Waals surface area contributed by atoms with Gasteiger partial charge in [0.05, 0.1) is 36.5 Å². The van der Waals surface area contributed by atoms with Crippen LogP contribution in [0.2, 0.25) is 0 Å². The first-order valence-electron chi connectivity index (χ1n) is 6.54. The van der Waals surface area contributed by atoms with Crippen molar-refractivity contribution in [2.75, 3.05) is 42.7 Å². The van der Waals surface area contributed by atoms with E-state index < -0.39 is 0 Å². The molecule has 3 heterocycles. The van der Waals surface area contributed by atoms with Crippen molar-refractivity contribution < 1.29 is 4.74 Å². The Bertz CT molecular complexity index is 558. The van der Waals surface area contributed by atoms with Crippen LogP contribution in [0.3, 0.4) is 0 Å². The number of hydrogen-bond donors (Lipinski definition) is 2. The number of rotatable bonds is 1. The van der Waals surface area contributed by atoms with Crippen LogP contribution in [0.1, 0.15) is 0 Å². The summed E-state index contributed by atoms with van der Waals surface area (Å²) in [7, 11) is 0. The molecule has 7 heteroatoms. The highest BCUT2D eigenvalue weighted by Gasteiger charge is 2.10. The van der Waals surface area contributed by atoms with Crippen LogP contribution in [-0.4, -0.2) is 36.3 Å². The monoisotopic (exact) mass is 351 g/mol. The Balaban J connectivity index is 0.000000173. The molecule has 0 unspecified atom stereocenters. The summed E-state index contributed by atoms with van der Waals surface area (Å²) >= 11 is 3.22. The van der Waals surface area contributed by atoms with Crippen molar-refractivity contribution in [1.82, 2.24) is 9.97 Å². The van der Waals surface area contributed by atoms with Gasteiger partial charge in [-0.25, -0.2) is 0 Å². The van der Waals surface area contributed by atoms with Gasteiger partial charge in [0.1, 0.15) is 0 Å². The molecular formula is C14H18BrN5O. The Hall–Kier alpha value is -1.86. The van der Waals surface area contributed by atoms with Gasteiger partial charge in [0.2, 0.25) is 0 Å². The Morgan fingerprint density at radius 3 is 2.10 bits per heavy atom. The van der Waals surface area contributed by atoms with Crippen molar-refractivity contribution in [2.45, 2.75) is 0 Å². The minimum absolute atomic E-state index is 0.680. The zero-order valence-corrected chi connectivity index (χ0v) is 13.2.